The number of hydrogen-bond acceptors (Lipinski definition) is 7. The summed E-state index contributed by atoms with van der Waals surface area (Å²) in [6.07, 6.45) is 1.42. The monoisotopic (exact) mass is 365 g/mol. The summed E-state index contributed by atoms with van der Waals surface area (Å²) in [4.78, 5) is 13.7. The van der Waals surface area contributed by atoms with E-state index in [9.17, 15) is 13.2 Å². The Balaban J connectivity index is 1.69. The molecular weight excluding hydrogens is 350 g/mol. The van der Waals surface area contributed by atoms with E-state index >= 15 is 0 Å². The largest absolute Gasteiger partial charge is 0.467 e. The number of rotatable bonds is 6. The van der Waals surface area contributed by atoms with Crippen molar-refractivity contribution in [2.24, 2.45) is 0 Å². The van der Waals surface area contributed by atoms with Crippen molar-refractivity contribution in [3.05, 3.63) is 42.4 Å². The van der Waals surface area contributed by atoms with Crippen molar-refractivity contribution >= 4 is 38.5 Å². The second kappa shape index (κ2) is 6.70. The van der Waals surface area contributed by atoms with E-state index in [0.29, 0.717) is 23.3 Å². The number of furan rings is 1. The lowest BCUT2D eigenvalue weighted by molar-refractivity contribution is -0.130. The number of aromatic nitrogens is 2. The summed E-state index contributed by atoms with van der Waals surface area (Å²) in [5.41, 5.74) is 0.904. The van der Waals surface area contributed by atoms with Crippen LogP contribution in [0.5, 0.6) is 0 Å². The third kappa shape index (κ3) is 3.46. The van der Waals surface area contributed by atoms with Crippen LogP contribution in [0.1, 0.15) is 12.2 Å². The van der Waals surface area contributed by atoms with Gasteiger partial charge in [0.05, 0.1) is 35.2 Å². The van der Waals surface area contributed by atoms with Crippen LogP contribution in [0.4, 0.5) is 0 Å². The van der Waals surface area contributed by atoms with Crippen LogP contribution in [0.3, 0.4) is 0 Å². The number of carbonyl (C=O) groups excluding carboxylic acids is 1. The molecule has 0 atom stereocenters. The van der Waals surface area contributed by atoms with Crippen LogP contribution < -0.4 is 0 Å². The van der Waals surface area contributed by atoms with Crippen LogP contribution in [0.15, 0.2) is 45.9 Å². The number of hydrogen-bond donors (Lipinski definition) is 0. The first-order chi connectivity index (χ1) is 11.5. The third-order valence-electron chi connectivity index (χ3n) is 3.57. The second-order valence-electron chi connectivity index (χ2n) is 5.29. The van der Waals surface area contributed by atoms with E-state index in [2.05, 4.69) is 8.75 Å². The minimum absolute atomic E-state index is 0.104. The lowest BCUT2D eigenvalue weighted by atomic mass is 10.3. The first-order valence-corrected chi connectivity index (χ1v) is 9.56. The van der Waals surface area contributed by atoms with Gasteiger partial charge >= 0.3 is 0 Å². The van der Waals surface area contributed by atoms with Crippen LogP contribution in [-0.2, 0) is 21.2 Å². The summed E-state index contributed by atoms with van der Waals surface area (Å²) in [6, 6.07) is 8.33. The average Bonchev–Trinajstić information content (AvgIpc) is 3.23. The Bertz CT molecular complexity index is 948. The summed E-state index contributed by atoms with van der Waals surface area (Å²) >= 11 is 0.964. The number of fused-ring (bicyclic) bond motifs is 1. The Kier molecular flexibility index (Phi) is 4.63. The summed E-state index contributed by atoms with van der Waals surface area (Å²) in [5.74, 6) is 0.107. The van der Waals surface area contributed by atoms with E-state index in [1.165, 1.54) is 17.2 Å². The molecule has 0 unspecified atom stereocenters. The molecule has 0 radical (unpaired) electrons. The van der Waals surface area contributed by atoms with Crippen LogP contribution >= 0.6 is 11.7 Å². The fourth-order valence-electron chi connectivity index (χ4n) is 2.28. The quantitative estimate of drug-likeness (QED) is 0.664. The molecule has 0 saturated carbocycles. The van der Waals surface area contributed by atoms with Gasteiger partial charge in [-0.05, 0) is 24.3 Å². The molecule has 126 valence electrons. The Labute approximate surface area is 143 Å². The molecule has 0 saturated heterocycles. The summed E-state index contributed by atoms with van der Waals surface area (Å²) in [6.45, 7) is 0.303. The minimum Gasteiger partial charge on any atom is -0.467 e. The highest BCUT2D eigenvalue weighted by Gasteiger charge is 2.22. The van der Waals surface area contributed by atoms with E-state index < -0.39 is 9.84 Å². The van der Waals surface area contributed by atoms with Gasteiger partial charge in [-0.15, -0.1) is 0 Å². The SMILES string of the molecule is CN(Cc1ccco1)C(=O)CCS(=O)(=O)c1cccc2nsnc12. The minimum atomic E-state index is -3.61. The molecule has 0 spiro atoms. The van der Waals surface area contributed by atoms with Crippen molar-refractivity contribution in [1.82, 2.24) is 13.6 Å². The van der Waals surface area contributed by atoms with Gasteiger partial charge in [-0.3, -0.25) is 4.79 Å². The first kappa shape index (κ1) is 16.6. The summed E-state index contributed by atoms with van der Waals surface area (Å²) < 4.78 is 38.3. The summed E-state index contributed by atoms with van der Waals surface area (Å²) in [7, 11) is -2.00. The molecule has 7 nitrogen and oxygen atoms in total. The van der Waals surface area contributed by atoms with Crippen molar-refractivity contribution in [1.29, 1.82) is 0 Å². The van der Waals surface area contributed by atoms with Gasteiger partial charge in [0.2, 0.25) is 5.91 Å². The topological polar surface area (TPSA) is 93.4 Å². The van der Waals surface area contributed by atoms with E-state index in [1.807, 2.05) is 0 Å². The zero-order chi connectivity index (χ0) is 17.2. The maximum absolute atomic E-state index is 12.5. The van der Waals surface area contributed by atoms with Gasteiger partial charge in [0, 0.05) is 13.5 Å². The summed E-state index contributed by atoms with van der Waals surface area (Å²) in [5, 5.41) is 0. The Hall–Kier alpha value is -2.26. The lowest BCUT2D eigenvalue weighted by Crippen LogP contribution is -2.27. The first-order valence-electron chi connectivity index (χ1n) is 7.18. The van der Waals surface area contributed by atoms with Gasteiger partial charge in [-0.25, -0.2) is 8.42 Å². The van der Waals surface area contributed by atoms with E-state index in [4.69, 9.17) is 4.42 Å². The molecule has 9 heteroatoms. The molecule has 0 aliphatic heterocycles. The van der Waals surface area contributed by atoms with Gasteiger partial charge in [-0.2, -0.15) is 8.75 Å². The molecule has 1 amide bonds. The van der Waals surface area contributed by atoms with Gasteiger partial charge in [-0.1, -0.05) is 6.07 Å². The zero-order valence-electron chi connectivity index (χ0n) is 12.9. The number of amides is 1. The smallest absolute Gasteiger partial charge is 0.223 e. The number of sulfone groups is 1. The number of carbonyl (C=O) groups is 1. The van der Waals surface area contributed by atoms with Gasteiger partial charge in [0.15, 0.2) is 9.84 Å². The Morgan fingerprint density at radius 1 is 1.25 bits per heavy atom. The zero-order valence-corrected chi connectivity index (χ0v) is 14.5. The maximum Gasteiger partial charge on any atom is 0.223 e. The van der Waals surface area contributed by atoms with Crippen molar-refractivity contribution < 1.29 is 17.6 Å². The standard InChI is InChI=1S/C15H15N3O4S2/c1-18(10-11-4-3-8-22-11)14(19)7-9-24(20,21)13-6-2-5-12-15(13)17-23-16-12/h2-6,8H,7,9-10H2,1H3. The van der Waals surface area contributed by atoms with Crippen molar-refractivity contribution in [3.63, 3.8) is 0 Å². The fourth-order valence-corrected chi connectivity index (χ4v) is 4.28. The molecule has 0 aliphatic rings. The molecule has 0 N–H and O–H groups in total. The molecule has 0 aliphatic carbocycles. The highest BCUT2D eigenvalue weighted by molar-refractivity contribution is 7.91. The van der Waals surface area contributed by atoms with E-state index in [0.717, 1.165) is 11.7 Å². The van der Waals surface area contributed by atoms with Gasteiger partial charge in [0.1, 0.15) is 16.8 Å². The van der Waals surface area contributed by atoms with Gasteiger partial charge < -0.3 is 9.32 Å². The van der Waals surface area contributed by atoms with Crippen LogP contribution in [-0.4, -0.2) is 40.8 Å². The molecule has 0 fully saturated rings. The van der Waals surface area contributed by atoms with Crippen molar-refractivity contribution in [3.8, 4) is 0 Å². The maximum atomic E-state index is 12.5. The van der Waals surface area contributed by atoms with Crippen molar-refractivity contribution in [2.75, 3.05) is 12.8 Å². The number of benzene rings is 1. The highest BCUT2D eigenvalue weighted by atomic mass is 32.2. The van der Waals surface area contributed by atoms with Crippen molar-refractivity contribution in [2.45, 2.75) is 17.9 Å². The normalized spacial score (nSPS) is 11.7. The van der Waals surface area contributed by atoms with Crippen LogP contribution in [0.25, 0.3) is 11.0 Å². The molecule has 0 bridgehead atoms. The predicted molar refractivity (Wildman–Crippen MR) is 89.3 cm³/mol. The predicted octanol–water partition coefficient (Wildman–Crippen LogP) is 2.11. The van der Waals surface area contributed by atoms with Gasteiger partial charge in [0.25, 0.3) is 0 Å². The molecule has 3 aromatic rings. The molecule has 2 heterocycles. The fraction of sp³-hybridized carbons (Fsp3) is 0.267. The van der Waals surface area contributed by atoms with E-state index in [-0.39, 0.29) is 23.0 Å². The Morgan fingerprint density at radius 2 is 2.08 bits per heavy atom. The average molecular weight is 365 g/mol. The highest BCUT2D eigenvalue weighted by Crippen LogP contribution is 2.22. The lowest BCUT2D eigenvalue weighted by Gasteiger charge is -2.15. The Morgan fingerprint density at radius 3 is 2.83 bits per heavy atom. The molecule has 3 rings (SSSR count). The van der Waals surface area contributed by atoms with Crippen LogP contribution in [0, 0.1) is 0 Å². The number of nitrogens with zero attached hydrogens (tertiary/aromatic N) is 3. The third-order valence-corrected chi connectivity index (χ3v) is 5.85. The van der Waals surface area contributed by atoms with E-state index in [1.54, 1.807) is 31.3 Å². The molecular formula is C15H15N3O4S2. The second-order valence-corrected chi connectivity index (χ2v) is 7.89. The molecule has 24 heavy (non-hydrogen) atoms. The molecule has 1 aromatic carbocycles. The molecule has 2 aromatic heterocycles. The van der Waals surface area contributed by atoms with Crippen LogP contribution in [0.2, 0.25) is 0 Å².